The Morgan fingerprint density at radius 1 is 1.27 bits per heavy atom. The van der Waals surface area contributed by atoms with E-state index in [0.29, 0.717) is 18.9 Å². The largest absolute Gasteiger partial charge is 0.392 e. The van der Waals surface area contributed by atoms with Gasteiger partial charge in [-0.2, -0.15) is 15.0 Å². The molecule has 1 aliphatic rings. The summed E-state index contributed by atoms with van der Waals surface area (Å²) in [5.41, 5.74) is 10.9. The van der Waals surface area contributed by atoms with Crippen LogP contribution in [0.3, 0.4) is 0 Å². The first-order valence-electron chi connectivity index (χ1n) is 4.80. The third-order valence-electron chi connectivity index (χ3n) is 2.33. The van der Waals surface area contributed by atoms with Gasteiger partial charge in [0.05, 0.1) is 12.6 Å². The Kier molecular flexibility index (Phi) is 2.65. The number of likely N-dealkylation sites (tertiary alicyclic amines) is 1. The molecule has 1 fully saturated rings. The normalized spacial score (nSPS) is 22.1. The van der Waals surface area contributed by atoms with Gasteiger partial charge in [0.25, 0.3) is 0 Å². The lowest BCUT2D eigenvalue weighted by atomic mass is 10.3. The second-order valence-electron chi connectivity index (χ2n) is 3.65. The highest BCUT2D eigenvalue weighted by atomic mass is 16.3. The Morgan fingerprint density at radius 3 is 2.47 bits per heavy atom. The molecule has 0 aliphatic carbocycles. The number of nitrogens with two attached hydrogens (primary N) is 2. The predicted molar refractivity (Wildman–Crippen MR) is 54.6 cm³/mol. The van der Waals surface area contributed by atoms with Gasteiger partial charge in [-0.15, -0.1) is 0 Å². The van der Waals surface area contributed by atoms with Crippen LogP contribution in [-0.4, -0.2) is 44.2 Å². The number of nitrogens with zero attached hydrogens (tertiary/aromatic N) is 4. The smallest absolute Gasteiger partial charge is 0.225 e. The molecule has 1 atom stereocenters. The Morgan fingerprint density at radius 2 is 1.93 bits per heavy atom. The molecule has 0 spiro atoms. The number of hydrogen-bond donors (Lipinski definition) is 3. The van der Waals surface area contributed by atoms with Crippen LogP contribution in [0.25, 0.3) is 0 Å². The van der Waals surface area contributed by atoms with Crippen LogP contribution >= 0.6 is 0 Å². The zero-order valence-corrected chi connectivity index (χ0v) is 8.30. The summed E-state index contributed by atoms with van der Waals surface area (Å²) in [7, 11) is 0. The molecule has 2 rings (SSSR count). The molecule has 0 amide bonds. The van der Waals surface area contributed by atoms with Crippen LogP contribution in [-0.2, 0) is 6.54 Å². The lowest BCUT2D eigenvalue weighted by molar-refractivity contribution is 0.174. The zero-order chi connectivity index (χ0) is 10.8. The number of aromatic nitrogens is 3. The Balaban J connectivity index is 2.04. The summed E-state index contributed by atoms with van der Waals surface area (Å²) in [6, 6.07) is 0. The predicted octanol–water partition coefficient (Wildman–Crippen LogP) is -1.40. The molecule has 1 saturated heterocycles. The maximum absolute atomic E-state index is 9.34. The van der Waals surface area contributed by atoms with E-state index in [9.17, 15) is 5.11 Å². The Bertz CT molecular complexity index is 337. The molecule has 1 unspecified atom stereocenters. The fraction of sp³-hybridized carbons (Fsp3) is 0.625. The van der Waals surface area contributed by atoms with E-state index < -0.39 is 0 Å². The number of anilines is 2. The fourth-order valence-corrected chi connectivity index (χ4v) is 1.68. The molecule has 0 bridgehead atoms. The van der Waals surface area contributed by atoms with Gasteiger partial charge in [-0.3, -0.25) is 4.90 Å². The standard InChI is InChI=1S/C8H14N6O/c9-7-11-6(12-8(10)13-7)4-14-2-1-5(15)3-14/h5,15H,1-4H2,(H4,9,10,11,12,13). The summed E-state index contributed by atoms with van der Waals surface area (Å²) >= 11 is 0. The van der Waals surface area contributed by atoms with Crippen molar-refractivity contribution in [2.24, 2.45) is 0 Å². The zero-order valence-electron chi connectivity index (χ0n) is 8.30. The minimum atomic E-state index is -0.249. The highest BCUT2D eigenvalue weighted by Gasteiger charge is 2.21. The monoisotopic (exact) mass is 210 g/mol. The molecular formula is C8H14N6O. The molecule has 1 aromatic heterocycles. The van der Waals surface area contributed by atoms with Crippen LogP contribution < -0.4 is 11.5 Å². The number of aliphatic hydroxyl groups excluding tert-OH is 1. The van der Waals surface area contributed by atoms with Crippen molar-refractivity contribution in [3.63, 3.8) is 0 Å². The topological polar surface area (TPSA) is 114 Å². The van der Waals surface area contributed by atoms with Crippen molar-refractivity contribution < 1.29 is 5.11 Å². The van der Waals surface area contributed by atoms with Crippen LogP contribution in [0.1, 0.15) is 12.2 Å². The summed E-state index contributed by atoms with van der Waals surface area (Å²) < 4.78 is 0. The van der Waals surface area contributed by atoms with Gasteiger partial charge in [0.15, 0.2) is 0 Å². The van der Waals surface area contributed by atoms with E-state index >= 15 is 0 Å². The lowest BCUT2D eigenvalue weighted by Crippen LogP contribution is -2.23. The van der Waals surface area contributed by atoms with E-state index in [4.69, 9.17) is 11.5 Å². The van der Waals surface area contributed by atoms with Crippen molar-refractivity contribution in [2.45, 2.75) is 19.1 Å². The van der Waals surface area contributed by atoms with E-state index in [1.54, 1.807) is 0 Å². The highest BCUT2D eigenvalue weighted by Crippen LogP contribution is 2.11. The maximum Gasteiger partial charge on any atom is 0.225 e. The van der Waals surface area contributed by atoms with Gasteiger partial charge in [-0.05, 0) is 6.42 Å². The van der Waals surface area contributed by atoms with Crippen LogP contribution in [0.4, 0.5) is 11.9 Å². The van der Waals surface area contributed by atoms with Gasteiger partial charge in [-0.25, -0.2) is 0 Å². The van der Waals surface area contributed by atoms with Gasteiger partial charge < -0.3 is 16.6 Å². The van der Waals surface area contributed by atoms with E-state index in [0.717, 1.165) is 13.0 Å². The number of hydrogen-bond acceptors (Lipinski definition) is 7. The molecular weight excluding hydrogens is 196 g/mol. The average molecular weight is 210 g/mol. The Hall–Kier alpha value is -1.47. The highest BCUT2D eigenvalue weighted by molar-refractivity contribution is 5.25. The van der Waals surface area contributed by atoms with E-state index in [1.807, 2.05) is 0 Å². The second kappa shape index (κ2) is 3.95. The summed E-state index contributed by atoms with van der Waals surface area (Å²) in [4.78, 5) is 13.7. The van der Waals surface area contributed by atoms with Crippen molar-refractivity contribution in [3.05, 3.63) is 5.82 Å². The molecule has 2 heterocycles. The number of rotatable bonds is 2. The van der Waals surface area contributed by atoms with E-state index in [-0.39, 0.29) is 18.0 Å². The van der Waals surface area contributed by atoms with Gasteiger partial charge in [0.2, 0.25) is 11.9 Å². The quantitative estimate of drug-likeness (QED) is 0.550. The number of β-amino-alcohol motifs (C(OH)–C–C–N with tert-alkyl or cyclic N) is 1. The van der Waals surface area contributed by atoms with Crippen LogP contribution in [0, 0.1) is 0 Å². The fourth-order valence-electron chi connectivity index (χ4n) is 1.68. The molecule has 7 heteroatoms. The van der Waals surface area contributed by atoms with Crippen molar-refractivity contribution in [3.8, 4) is 0 Å². The van der Waals surface area contributed by atoms with Crippen LogP contribution in [0.15, 0.2) is 0 Å². The first kappa shape index (κ1) is 10.1. The van der Waals surface area contributed by atoms with Gasteiger partial charge in [0, 0.05) is 13.1 Å². The molecule has 0 aromatic carbocycles. The lowest BCUT2D eigenvalue weighted by Gasteiger charge is -2.13. The van der Waals surface area contributed by atoms with Gasteiger partial charge >= 0.3 is 0 Å². The summed E-state index contributed by atoms with van der Waals surface area (Å²) in [5.74, 6) is 0.823. The molecule has 7 nitrogen and oxygen atoms in total. The molecule has 1 aromatic rings. The minimum Gasteiger partial charge on any atom is -0.392 e. The molecule has 0 radical (unpaired) electrons. The minimum absolute atomic E-state index is 0.136. The first-order chi connectivity index (χ1) is 7.13. The van der Waals surface area contributed by atoms with Crippen molar-refractivity contribution in [2.75, 3.05) is 24.6 Å². The first-order valence-corrected chi connectivity index (χ1v) is 4.80. The SMILES string of the molecule is Nc1nc(N)nc(CN2CCC(O)C2)n1. The maximum atomic E-state index is 9.34. The summed E-state index contributed by atoms with van der Waals surface area (Å²) in [6.45, 7) is 2.03. The Labute approximate surface area is 87.1 Å². The van der Waals surface area contributed by atoms with Gasteiger partial charge in [-0.1, -0.05) is 0 Å². The molecule has 0 saturated carbocycles. The van der Waals surface area contributed by atoms with Crippen LogP contribution in [0.5, 0.6) is 0 Å². The summed E-state index contributed by atoms with van der Waals surface area (Å²) in [6.07, 6.45) is 0.539. The molecule has 82 valence electrons. The third kappa shape index (κ3) is 2.51. The van der Waals surface area contributed by atoms with Crippen LogP contribution in [0.2, 0.25) is 0 Å². The van der Waals surface area contributed by atoms with Gasteiger partial charge in [0.1, 0.15) is 5.82 Å². The van der Waals surface area contributed by atoms with Crippen molar-refractivity contribution >= 4 is 11.9 Å². The average Bonchev–Trinajstić information content (AvgIpc) is 2.49. The van der Waals surface area contributed by atoms with Crippen molar-refractivity contribution in [1.29, 1.82) is 0 Å². The number of nitrogen functional groups attached to an aromatic ring is 2. The van der Waals surface area contributed by atoms with E-state index in [1.165, 1.54) is 0 Å². The van der Waals surface area contributed by atoms with Crippen molar-refractivity contribution in [1.82, 2.24) is 19.9 Å². The molecule has 5 N–H and O–H groups in total. The summed E-state index contributed by atoms with van der Waals surface area (Å²) in [5, 5.41) is 9.34. The second-order valence-corrected chi connectivity index (χ2v) is 3.65. The third-order valence-corrected chi connectivity index (χ3v) is 2.33. The molecule has 1 aliphatic heterocycles. The van der Waals surface area contributed by atoms with E-state index in [2.05, 4.69) is 19.9 Å². The number of aliphatic hydroxyl groups is 1. The molecule has 15 heavy (non-hydrogen) atoms.